The summed E-state index contributed by atoms with van der Waals surface area (Å²) >= 11 is 0. The van der Waals surface area contributed by atoms with Gasteiger partial charge in [-0.2, -0.15) is 8.78 Å². The highest BCUT2D eigenvalue weighted by atomic mass is 19.3. The fourth-order valence-corrected chi connectivity index (χ4v) is 2.52. The Morgan fingerprint density at radius 1 is 1.04 bits per heavy atom. The van der Waals surface area contributed by atoms with Crippen molar-refractivity contribution in [3.63, 3.8) is 0 Å². The molecule has 2 aromatic rings. The maximum absolute atomic E-state index is 14.2. The normalized spacial score (nSPS) is 13.3. The Morgan fingerprint density at radius 3 is 1.89 bits per heavy atom. The van der Waals surface area contributed by atoms with Crippen molar-refractivity contribution in [1.29, 1.82) is 0 Å². The second kappa shape index (κ2) is 7.57. The number of carbonyl (C=O) groups excluding carboxylic acids is 1. The number of hydrogen-bond donors (Lipinski definition) is 1. The predicted octanol–water partition coefficient (Wildman–Crippen LogP) is 5.00. The third-order valence-electron chi connectivity index (χ3n) is 4.21. The molecule has 0 saturated heterocycles. The first kappa shape index (κ1) is 21.3. The number of hydrogen-bond acceptors (Lipinski definition) is 3. The minimum Gasteiger partial charge on any atom is -0.503 e. The molecule has 0 aromatic heterocycles. The van der Waals surface area contributed by atoms with Gasteiger partial charge in [-0.05, 0) is 31.5 Å². The predicted molar refractivity (Wildman–Crippen MR) is 87.3 cm³/mol. The topological polar surface area (TPSA) is 46.5 Å². The first-order valence-corrected chi connectivity index (χ1v) is 7.74. The van der Waals surface area contributed by atoms with Gasteiger partial charge in [0, 0.05) is 11.1 Å². The Labute approximate surface area is 155 Å². The van der Waals surface area contributed by atoms with Crippen LogP contribution in [-0.2, 0) is 10.2 Å². The number of phenolic OH excluding ortho intramolecular Hbond substituents is 1. The van der Waals surface area contributed by atoms with Crippen LogP contribution in [-0.4, -0.2) is 17.5 Å². The molecule has 2 rings (SSSR count). The van der Waals surface area contributed by atoms with Gasteiger partial charge in [0.1, 0.15) is 5.75 Å². The highest BCUT2D eigenvalue weighted by Gasteiger charge is 2.45. The minimum absolute atomic E-state index is 0.0701. The number of phenols is 1. The van der Waals surface area contributed by atoms with Gasteiger partial charge in [0.15, 0.2) is 17.4 Å². The second-order valence-electron chi connectivity index (χ2n) is 6.18. The maximum atomic E-state index is 14.2. The smallest absolute Gasteiger partial charge is 0.338 e. The van der Waals surface area contributed by atoms with Crippen molar-refractivity contribution in [1.82, 2.24) is 0 Å². The molecule has 0 bridgehead atoms. The molecule has 3 nitrogen and oxygen atoms in total. The van der Waals surface area contributed by atoms with Gasteiger partial charge in [0.2, 0.25) is 11.6 Å². The third-order valence-corrected chi connectivity index (χ3v) is 4.21. The molecule has 1 N–H and O–H groups in total. The zero-order chi connectivity index (χ0) is 21.4. The molecule has 0 aliphatic rings. The molecule has 0 amide bonds. The van der Waals surface area contributed by atoms with Crippen LogP contribution in [0.25, 0.3) is 0 Å². The summed E-state index contributed by atoms with van der Waals surface area (Å²) in [6.45, 7) is 5.43. The van der Waals surface area contributed by atoms with Crippen molar-refractivity contribution in [2.24, 2.45) is 0 Å². The van der Waals surface area contributed by atoms with Crippen LogP contribution in [0.15, 0.2) is 36.4 Å². The van der Waals surface area contributed by atoms with Gasteiger partial charge in [0.25, 0.3) is 6.43 Å². The molecule has 0 heterocycles. The summed E-state index contributed by atoms with van der Waals surface area (Å²) in [7, 11) is 0. The van der Waals surface area contributed by atoms with Crippen molar-refractivity contribution < 1.29 is 41.0 Å². The zero-order valence-electron chi connectivity index (χ0n) is 14.6. The Balaban J connectivity index is 2.63. The fraction of sp³-hybridized carbons (Fsp3) is 0.211. The van der Waals surface area contributed by atoms with Gasteiger partial charge in [0.05, 0.1) is 5.41 Å². The molecule has 0 aliphatic carbocycles. The Kier molecular flexibility index (Phi) is 5.77. The molecule has 0 saturated carbocycles. The number of benzene rings is 2. The molecule has 1 unspecified atom stereocenters. The lowest BCUT2D eigenvalue weighted by molar-refractivity contribution is -0.130. The van der Waals surface area contributed by atoms with E-state index in [1.807, 2.05) is 0 Å². The van der Waals surface area contributed by atoms with Crippen molar-refractivity contribution in [3.05, 3.63) is 70.8 Å². The molecule has 0 radical (unpaired) electrons. The molecule has 9 heteroatoms. The van der Waals surface area contributed by atoms with E-state index in [0.29, 0.717) is 6.92 Å². The van der Waals surface area contributed by atoms with E-state index in [2.05, 4.69) is 6.58 Å². The van der Waals surface area contributed by atoms with E-state index >= 15 is 0 Å². The van der Waals surface area contributed by atoms with Crippen molar-refractivity contribution in [2.45, 2.75) is 25.7 Å². The quantitative estimate of drug-likeness (QED) is 0.251. The molecule has 150 valence electrons. The summed E-state index contributed by atoms with van der Waals surface area (Å²) < 4.78 is 88.4. The molecule has 2 aromatic carbocycles. The Bertz CT molecular complexity index is 911. The van der Waals surface area contributed by atoms with Crippen LogP contribution in [0.5, 0.6) is 11.5 Å². The van der Waals surface area contributed by atoms with Gasteiger partial charge >= 0.3 is 5.97 Å². The Hall–Kier alpha value is -2.97. The van der Waals surface area contributed by atoms with Crippen LogP contribution < -0.4 is 4.74 Å². The summed E-state index contributed by atoms with van der Waals surface area (Å²) in [6.07, 6.45) is -3.50. The van der Waals surface area contributed by atoms with E-state index < -0.39 is 58.0 Å². The van der Waals surface area contributed by atoms with Crippen molar-refractivity contribution >= 4 is 5.97 Å². The van der Waals surface area contributed by atoms with Crippen molar-refractivity contribution in [2.75, 3.05) is 0 Å². The number of rotatable bonds is 5. The molecule has 1 atom stereocenters. The van der Waals surface area contributed by atoms with Crippen molar-refractivity contribution in [3.8, 4) is 11.5 Å². The second-order valence-corrected chi connectivity index (χ2v) is 6.18. The largest absolute Gasteiger partial charge is 0.503 e. The van der Waals surface area contributed by atoms with Gasteiger partial charge in [-0.25, -0.2) is 22.4 Å². The SMILES string of the molecule is C=C(C)C(=O)Oc1ccc(C(C)(c2c(F)c(F)c(O)c(F)c2F)C(F)F)cc1. The van der Waals surface area contributed by atoms with Gasteiger partial charge in [-0.3, -0.25) is 0 Å². The summed E-state index contributed by atoms with van der Waals surface area (Å²) in [4.78, 5) is 11.5. The van der Waals surface area contributed by atoms with E-state index in [-0.39, 0.29) is 11.3 Å². The first-order valence-electron chi connectivity index (χ1n) is 7.74. The third kappa shape index (κ3) is 3.44. The molecule has 0 fully saturated rings. The van der Waals surface area contributed by atoms with Crippen LogP contribution in [0.1, 0.15) is 25.0 Å². The fourth-order valence-electron chi connectivity index (χ4n) is 2.52. The van der Waals surface area contributed by atoms with E-state index in [0.717, 1.165) is 24.3 Å². The van der Waals surface area contributed by atoms with Crippen LogP contribution in [0, 0.1) is 23.3 Å². The average Bonchev–Trinajstić information content (AvgIpc) is 2.65. The van der Waals surface area contributed by atoms with Gasteiger partial charge < -0.3 is 9.84 Å². The van der Waals surface area contributed by atoms with Crippen LogP contribution >= 0.6 is 0 Å². The zero-order valence-corrected chi connectivity index (χ0v) is 14.6. The Morgan fingerprint density at radius 2 is 1.50 bits per heavy atom. The number of alkyl halides is 2. The first-order chi connectivity index (χ1) is 12.9. The average molecular weight is 404 g/mol. The monoisotopic (exact) mass is 404 g/mol. The van der Waals surface area contributed by atoms with Crippen LogP contribution in [0.4, 0.5) is 26.3 Å². The minimum atomic E-state index is -3.50. The maximum Gasteiger partial charge on any atom is 0.338 e. The lowest BCUT2D eigenvalue weighted by Gasteiger charge is -2.31. The molecule has 28 heavy (non-hydrogen) atoms. The standard InChI is InChI=1S/C19H14F6O3/c1-8(2)17(27)28-10-6-4-9(5-7-10)19(3,18(24)25)11-12(20)14(22)16(26)15(23)13(11)21/h4-7,18,26H,1H2,2-3H3. The summed E-state index contributed by atoms with van der Waals surface area (Å²) in [5.74, 6) is -11.5. The van der Waals surface area contributed by atoms with Gasteiger partial charge in [-0.15, -0.1) is 0 Å². The number of aromatic hydroxyl groups is 1. The number of carbonyl (C=O) groups is 1. The molecular weight excluding hydrogens is 390 g/mol. The highest BCUT2D eigenvalue weighted by molar-refractivity contribution is 5.88. The number of halogens is 6. The van der Waals surface area contributed by atoms with Gasteiger partial charge in [-0.1, -0.05) is 18.7 Å². The van der Waals surface area contributed by atoms with E-state index in [1.165, 1.54) is 6.92 Å². The number of ether oxygens (including phenoxy) is 1. The number of esters is 1. The summed E-state index contributed by atoms with van der Waals surface area (Å²) in [5, 5.41) is 9.06. The lowest BCUT2D eigenvalue weighted by atomic mass is 9.75. The highest BCUT2D eigenvalue weighted by Crippen LogP contribution is 2.43. The van der Waals surface area contributed by atoms with E-state index in [1.54, 1.807) is 0 Å². The molecular formula is C19H14F6O3. The van der Waals surface area contributed by atoms with Crippen LogP contribution in [0.3, 0.4) is 0 Å². The van der Waals surface area contributed by atoms with E-state index in [9.17, 15) is 31.1 Å². The van der Waals surface area contributed by atoms with Crippen LogP contribution in [0.2, 0.25) is 0 Å². The summed E-state index contributed by atoms with van der Waals surface area (Å²) in [6, 6.07) is 4.07. The summed E-state index contributed by atoms with van der Waals surface area (Å²) in [5.41, 5.74) is -4.75. The van der Waals surface area contributed by atoms with E-state index in [4.69, 9.17) is 9.84 Å². The molecule has 0 aliphatic heterocycles. The molecule has 0 spiro atoms. The lowest BCUT2D eigenvalue weighted by Crippen LogP contribution is -2.35.